The first-order chi connectivity index (χ1) is 13.7. The largest absolute Gasteiger partial charge is 0.361 e. The van der Waals surface area contributed by atoms with Crippen LogP contribution in [0.25, 0.3) is 21.8 Å². The lowest BCUT2D eigenvalue weighted by Crippen LogP contribution is -2.34. The summed E-state index contributed by atoms with van der Waals surface area (Å²) >= 11 is 0. The fourth-order valence-corrected chi connectivity index (χ4v) is 3.41. The fraction of sp³-hybridized carbons (Fsp3) is 0.182. The monoisotopic (exact) mass is 374 g/mol. The molecule has 0 spiro atoms. The second kappa shape index (κ2) is 8.00. The number of nitrogens with one attached hydrogen (secondary N) is 4. The fourth-order valence-electron chi connectivity index (χ4n) is 3.41. The van der Waals surface area contributed by atoms with Gasteiger partial charge in [0.15, 0.2) is 0 Å². The van der Waals surface area contributed by atoms with Crippen LogP contribution in [0.3, 0.4) is 0 Å². The van der Waals surface area contributed by atoms with Gasteiger partial charge in [-0.25, -0.2) is 0 Å². The second-order valence-electron chi connectivity index (χ2n) is 6.71. The van der Waals surface area contributed by atoms with Crippen LogP contribution in [-0.2, 0) is 11.2 Å². The van der Waals surface area contributed by atoms with Crippen molar-refractivity contribution in [3.05, 3.63) is 72.1 Å². The van der Waals surface area contributed by atoms with Gasteiger partial charge in [-0.2, -0.15) is 0 Å². The van der Waals surface area contributed by atoms with E-state index in [-0.39, 0.29) is 11.8 Å². The zero-order valence-electron chi connectivity index (χ0n) is 15.4. The lowest BCUT2D eigenvalue weighted by molar-refractivity contribution is -0.121. The van der Waals surface area contributed by atoms with Crippen LogP contribution in [-0.4, -0.2) is 34.9 Å². The molecule has 0 aliphatic carbocycles. The molecule has 0 aliphatic rings. The highest BCUT2D eigenvalue weighted by Crippen LogP contribution is 2.19. The molecule has 0 fully saturated rings. The summed E-state index contributed by atoms with van der Waals surface area (Å²) in [5.74, 6) is -0.169. The van der Waals surface area contributed by atoms with Crippen molar-refractivity contribution < 1.29 is 9.59 Å². The van der Waals surface area contributed by atoms with Gasteiger partial charge in [0.05, 0.1) is 5.56 Å². The quantitative estimate of drug-likeness (QED) is 0.374. The number of hydrogen-bond donors (Lipinski definition) is 4. The maximum absolute atomic E-state index is 12.3. The van der Waals surface area contributed by atoms with Crippen LogP contribution < -0.4 is 10.6 Å². The van der Waals surface area contributed by atoms with Crippen LogP contribution in [0.5, 0.6) is 0 Å². The van der Waals surface area contributed by atoms with E-state index in [1.165, 1.54) is 0 Å². The Balaban J connectivity index is 1.22. The van der Waals surface area contributed by atoms with Crippen LogP contribution >= 0.6 is 0 Å². The van der Waals surface area contributed by atoms with Gasteiger partial charge in [0.1, 0.15) is 0 Å². The number of amides is 2. The average molecular weight is 374 g/mol. The normalized spacial score (nSPS) is 11.0. The topological polar surface area (TPSA) is 89.8 Å². The first-order valence-electron chi connectivity index (χ1n) is 9.38. The zero-order valence-corrected chi connectivity index (χ0v) is 15.4. The summed E-state index contributed by atoms with van der Waals surface area (Å²) in [6, 6.07) is 15.7. The highest BCUT2D eigenvalue weighted by Gasteiger charge is 2.11. The van der Waals surface area contributed by atoms with Gasteiger partial charge in [-0.3, -0.25) is 9.59 Å². The van der Waals surface area contributed by atoms with Crippen molar-refractivity contribution in [2.24, 2.45) is 0 Å². The van der Waals surface area contributed by atoms with Gasteiger partial charge in [-0.15, -0.1) is 0 Å². The molecule has 2 aromatic heterocycles. The van der Waals surface area contributed by atoms with E-state index in [0.29, 0.717) is 31.5 Å². The number of fused-ring (bicyclic) bond motifs is 2. The van der Waals surface area contributed by atoms with Crippen LogP contribution in [0.4, 0.5) is 0 Å². The SMILES string of the molecule is O=C(CCc1c[nH]c2ccccc12)NCCNC(=O)c1c[nH]c2ccccc12. The highest BCUT2D eigenvalue weighted by molar-refractivity contribution is 6.06. The minimum Gasteiger partial charge on any atom is -0.361 e. The smallest absolute Gasteiger partial charge is 0.253 e. The summed E-state index contributed by atoms with van der Waals surface area (Å²) in [7, 11) is 0. The Morgan fingerprint density at radius 3 is 2.25 bits per heavy atom. The summed E-state index contributed by atoms with van der Waals surface area (Å²) in [5.41, 5.74) is 3.76. The van der Waals surface area contributed by atoms with Crippen molar-refractivity contribution in [1.82, 2.24) is 20.6 Å². The molecule has 28 heavy (non-hydrogen) atoms. The van der Waals surface area contributed by atoms with E-state index < -0.39 is 0 Å². The van der Waals surface area contributed by atoms with Crippen molar-refractivity contribution in [2.45, 2.75) is 12.8 Å². The maximum atomic E-state index is 12.3. The van der Waals surface area contributed by atoms with Crippen LogP contribution in [0.1, 0.15) is 22.3 Å². The molecular weight excluding hydrogens is 352 g/mol. The third-order valence-corrected chi connectivity index (χ3v) is 4.86. The number of para-hydroxylation sites is 2. The van der Waals surface area contributed by atoms with Crippen molar-refractivity contribution in [3.63, 3.8) is 0 Å². The van der Waals surface area contributed by atoms with E-state index in [9.17, 15) is 9.59 Å². The summed E-state index contributed by atoms with van der Waals surface area (Å²) in [6.07, 6.45) is 4.76. The third-order valence-electron chi connectivity index (χ3n) is 4.86. The molecule has 0 saturated carbocycles. The molecule has 0 atom stereocenters. The molecular formula is C22H22N4O2. The molecule has 6 heteroatoms. The van der Waals surface area contributed by atoms with Gasteiger partial charge in [-0.1, -0.05) is 36.4 Å². The molecule has 0 saturated heterocycles. The van der Waals surface area contributed by atoms with Gasteiger partial charge in [0, 0.05) is 53.7 Å². The number of carbonyl (C=O) groups is 2. The molecule has 0 radical (unpaired) electrons. The van der Waals surface area contributed by atoms with Gasteiger partial charge in [0.25, 0.3) is 5.91 Å². The summed E-state index contributed by atoms with van der Waals surface area (Å²) in [6.45, 7) is 0.790. The molecule has 142 valence electrons. The zero-order chi connectivity index (χ0) is 19.3. The van der Waals surface area contributed by atoms with Crippen LogP contribution in [0.2, 0.25) is 0 Å². The predicted octanol–water partition coefficient (Wildman–Crippen LogP) is 3.13. The van der Waals surface area contributed by atoms with Gasteiger partial charge >= 0.3 is 0 Å². The van der Waals surface area contributed by atoms with E-state index in [1.54, 1.807) is 6.20 Å². The number of aromatic amines is 2. The summed E-state index contributed by atoms with van der Waals surface area (Å²) < 4.78 is 0. The first kappa shape index (κ1) is 17.9. The van der Waals surface area contributed by atoms with E-state index in [1.807, 2.05) is 48.7 Å². The van der Waals surface area contributed by atoms with Crippen LogP contribution in [0.15, 0.2) is 60.9 Å². The van der Waals surface area contributed by atoms with Gasteiger partial charge in [0.2, 0.25) is 5.91 Å². The number of carbonyl (C=O) groups excluding carboxylic acids is 2. The predicted molar refractivity (Wildman–Crippen MR) is 110 cm³/mol. The Morgan fingerprint density at radius 1 is 0.786 bits per heavy atom. The van der Waals surface area contributed by atoms with Gasteiger partial charge in [-0.05, 0) is 24.1 Å². The molecule has 6 nitrogen and oxygen atoms in total. The minimum absolute atomic E-state index is 0.0216. The molecule has 0 unspecified atom stereocenters. The van der Waals surface area contributed by atoms with E-state index in [2.05, 4.69) is 26.7 Å². The highest BCUT2D eigenvalue weighted by atomic mass is 16.2. The minimum atomic E-state index is -0.148. The van der Waals surface area contributed by atoms with E-state index in [0.717, 1.165) is 27.4 Å². The number of H-pyrrole nitrogens is 2. The van der Waals surface area contributed by atoms with E-state index in [4.69, 9.17) is 0 Å². The Hall–Kier alpha value is -3.54. The number of aryl methyl sites for hydroxylation is 1. The first-order valence-corrected chi connectivity index (χ1v) is 9.38. The van der Waals surface area contributed by atoms with Crippen molar-refractivity contribution in [2.75, 3.05) is 13.1 Å². The summed E-state index contributed by atoms with van der Waals surface area (Å²) in [4.78, 5) is 30.7. The molecule has 4 rings (SSSR count). The molecule has 2 aromatic carbocycles. The number of hydrogen-bond acceptors (Lipinski definition) is 2. The van der Waals surface area contributed by atoms with Crippen molar-refractivity contribution >= 4 is 33.6 Å². The lowest BCUT2D eigenvalue weighted by atomic mass is 10.1. The third kappa shape index (κ3) is 3.76. The molecule has 0 aliphatic heterocycles. The van der Waals surface area contributed by atoms with E-state index >= 15 is 0 Å². The maximum Gasteiger partial charge on any atom is 0.253 e. The molecule has 4 aromatic rings. The number of rotatable bonds is 7. The lowest BCUT2D eigenvalue weighted by Gasteiger charge is -2.07. The molecule has 4 N–H and O–H groups in total. The average Bonchev–Trinajstić information content (AvgIpc) is 3.34. The Labute approximate surface area is 162 Å². The Morgan fingerprint density at radius 2 is 1.43 bits per heavy atom. The van der Waals surface area contributed by atoms with Gasteiger partial charge < -0.3 is 20.6 Å². The number of aromatic nitrogens is 2. The molecule has 2 amide bonds. The summed E-state index contributed by atoms with van der Waals surface area (Å²) in [5, 5.41) is 7.75. The molecule has 0 bridgehead atoms. The standard InChI is InChI=1S/C22H22N4O2/c27-21(10-9-15-13-25-19-7-3-1-5-16(15)19)23-11-12-24-22(28)18-14-26-20-8-4-2-6-17(18)20/h1-8,13-14,25-26H,9-12H2,(H,23,27)(H,24,28). The van der Waals surface area contributed by atoms with Crippen LogP contribution in [0, 0.1) is 0 Å². The Kier molecular flexibility index (Phi) is 5.10. The number of benzene rings is 2. The van der Waals surface area contributed by atoms with Crippen molar-refractivity contribution in [1.29, 1.82) is 0 Å². The Bertz CT molecular complexity index is 1130. The van der Waals surface area contributed by atoms with Crippen molar-refractivity contribution in [3.8, 4) is 0 Å². The molecule has 2 heterocycles. The second-order valence-corrected chi connectivity index (χ2v) is 6.71.